The maximum Gasteiger partial charge on any atom is 0.407 e. The molecule has 0 aromatic rings. The van der Waals surface area contributed by atoms with Gasteiger partial charge in [0.25, 0.3) is 0 Å². The molecule has 0 fully saturated rings. The van der Waals surface area contributed by atoms with E-state index in [0.717, 1.165) is 0 Å². The summed E-state index contributed by atoms with van der Waals surface area (Å²) < 4.78 is 4.31. The normalized spacial score (nSPS) is 14.4. The van der Waals surface area contributed by atoms with Crippen LogP contribution in [0.4, 0.5) is 4.79 Å². The Morgan fingerprint density at radius 2 is 2.08 bits per heavy atom. The van der Waals surface area contributed by atoms with Gasteiger partial charge in [-0.25, -0.2) is 9.59 Å². The summed E-state index contributed by atoms with van der Waals surface area (Å²) in [7, 11) is 1.20. The molecule has 0 rings (SSSR count). The van der Waals surface area contributed by atoms with Gasteiger partial charge in [-0.3, -0.25) is 0 Å². The maximum atomic E-state index is 10.8. The fourth-order valence-electron chi connectivity index (χ4n) is 0.869. The lowest BCUT2D eigenvalue weighted by atomic mass is 10.00. The number of alkyl carbamates (subject to hydrolysis) is 1. The molecule has 76 valence electrons. The molecule has 1 unspecified atom stereocenters. The molecule has 0 aromatic carbocycles. The van der Waals surface area contributed by atoms with Crippen molar-refractivity contribution in [3.05, 3.63) is 0 Å². The summed E-state index contributed by atoms with van der Waals surface area (Å²) in [6.45, 7) is 3.62. The number of amides is 1. The Morgan fingerprint density at radius 1 is 1.54 bits per heavy atom. The first-order chi connectivity index (χ1) is 6.02. The van der Waals surface area contributed by atoms with Crippen molar-refractivity contribution in [1.82, 2.24) is 5.32 Å². The molecule has 0 saturated carbocycles. The van der Waals surface area contributed by atoms with Crippen molar-refractivity contribution in [2.45, 2.75) is 26.3 Å². The lowest BCUT2D eigenvalue weighted by Gasteiger charge is -2.18. The highest BCUT2D eigenvalue weighted by Crippen LogP contribution is 2.07. The van der Waals surface area contributed by atoms with Crippen LogP contribution in [0.25, 0.3) is 0 Å². The van der Waals surface area contributed by atoms with Crippen LogP contribution in [0.2, 0.25) is 0 Å². The number of carbonyl (C=O) groups excluding carboxylic acids is 1. The van der Waals surface area contributed by atoms with Gasteiger partial charge in [0.2, 0.25) is 0 Å². The highest BCUT2D eigenvalue weighted by atomic mass is 16.5. The van der Waals surface area contributed by atoms with Crippen molar-refractivity contribution in [2.75, 3.05) is 7.11 Å². The minimum absolute atomic E-state index is 0.114. The SMILES string of the molecule is CCC(C)[C@H](NC(=O)OC)C(=O)O. The second kappa shape index (κ2) is 5.40. The Labute approximate surface area is 77.1 Å². The smallest absolute Gasteiger partial charge is 0.407 e. The number of methoxy groups -OCH3 is 1. The molecule has 0 aliphatic carbocycles. The van der Waals surface area contributed by atoms with Gasteiger partial charge in [0.05, 0.1) is 7.11 Å². The lowest BCUT2D eigenvalue weighted by molar-refractivity contribution is -0.140. The summed E-state index contributed by atoms with van der Waals surface area (Å²) in [6, 6.07) is -0.877. The molecule has 13 heavy (non-hydrogen) atoms. The van der Waals surface area contributed by atoms with Crippen molar-refractivity contribution < 1.29 is 19.4 Å². The Hall–Kier alpha value is -1.26. The Balaban J connectivity index is 4.26. The first-order valence-electron chi connectivity index (χ1n) is 4.10. The third kappa shape index (κ3) is 3.78. The third-order valence-corrected chi connectivity index (χ3v) is 1.94. The summed E-state index contributed by atoms with van der Waals surface area (Å²) in [5.41, 5.74) is 0. The molecule has 0 saturated heterocycles. The average Bonchev–Trinajstić information content (AvgIpc) is 2.11. The number of carbonyl (C=O) groups is 2. The molecular weight excluding hydrogens is 174 g/mol. The number of hydrogen-bond donors (Lipinski definition) is 2. The number of carboxylic acids is 1. The molecule has 1 amide bonds. The van der Waals surface area contributed by atoms with E-state index in [1.807, 2.05) is 6.92 Å². The summed E-state index contributed by atoms with van der Waals surface area (Å²) in [6.07, 6.45) is -0.0336. The van der Waals surface area contributed by atoms with Gasteiger partial charge < -0.3 is 15.2 Å². The van der Waals surface area contributed by atoms with Crippen molar-refractivity contribution in [1.29, 1.82) is 0 Å². The maximum absolute atomic E-state index is 10.8. The number of hydrogen-bond acceptors (Lipinski definition) is 3. The topological polar surface area (TPSA) is 75.6 Å². The van der Waals surface area contributed by atoms with E-state index >= 15 is 0 Å². The highest BCUT2D eigenvalue weighted by molar-refractivity contribution is 5.80. The van der Waals surface area contributed by atoms with Crippen LogP contribution >= 0.6 is 0 Å². The van der Waals surface area contributed by atoms with Crippen LogP contribution in [0, 0.1) is 5.92 Å². The predicted molar refractivity (Wildman–Crippen MR) is 46.4 cm³/mol. The Morgan fingerprint density at radius 3 is 2.38 bits per heavy atom. The van der Waals surface area contributed by atoms with Crippen LogP contribution in [0.1, 0.15) is 20.3 Å². The fraction of sp³-hybridized carbons (Fsp3) is 0.750. The number of rotatable bonds is 4. The molecular formula is C8H15NO4. The minimum Gasteiger partial charge on any atom is -0.480 e. The zero-order valence-corrected chi connectivity index (χ0v) is 8.03. The van der Waals surface area contributed by atoms with Crippen molar-refractivity contribution in [3.63, 3.8) is 0 Å². The summed E-state index contributed by atoms with van der Waals surface area (Å²) >= 11 is 0. The van der Waals surface area contributed by atoms with E-state index in [1.165, 1.54) is 7.11 Å². The Kier molecular flexibility index (Phi) is 4.87. The summed E-state index contributed by atoms with van der Waals surface area (Å²) in [4.78, 5) is 21.4. The Bertz CT molecular complexity index is 193. The van der Waals surface area contributed by atoms with Crippen LogP contribution in [0.5, 0.6) is 0 Å². The molecule has 5 nitrogen and oxygen atoms in total. The first kappa shape index (κ1) is 11.7. The van der Waals surface area contributed by atoms with Crippen molar-refractivity contribution in [3.8, 4) is 0 Å². The largest absolute Gasteiger partial charge is 0.480 e. The van der Waals surface area contributed by atoms with Crippen LogP contribution in [-0.2, 0) is 9.53 Å². The fourth-order valence-corrected chi connectivity index (χ4v) is 0.869. The molecule has 5 heteroatoms. The van der Waals surface area contributed by atoms with Gasteiger partial charge in [0, 0.05) is 0 Å². The molecule has 0 aromatic heterocycles. The molecule has 0 spiro atoms. The predicted octanol–water partition coefficient (Wildman–Crippen LogP) is 0.842. The van der Waals surface area contributed by atoms with Crippen LogP contribution < -0.4 is 5.32 Å². The quantitative estimate of drug-likeness (QED) is 0.687. The average molecular weight is 189 g/mol. The van der Waals surface area contributed by atoms with Gasteiger partial charge in [0.1, 0.15) is 6.04 Å². The molecule has 0 heterocycles. The summed E-state index contributed by atoms with van der Waals surface area (Å²) in [5, 5.41) is 11.0. The highest BCUT2D eigenvalue weighted by Gasteiger charge is 2.25. The lowest BCUT2D eigenvalue weighted by Crippen LogP contribution is -2.44. The van der Waals surface area contributed by atoms with Crippen LogP contribution in [0.3, 0.4) is 0 Å². The second-order valence-electron chi connectivity index (χ2n) is 2.84. The zero-order chi connectivity index (χ0) is 10.4. The van der Waals surface area contributed by atoms with Crippen molar-refractivity contribution >= 4 is 12.1 Å². The third-order valence-electron chi connectivity index (χ3n) is 1.94. The molecule has 0 bridgehead atoms. The van der Waals surface area contributed by atoms with Gasteiger partial charge in [0.15, 0.2) is 0 Å². The van der Waals surface area contributed by atoms with Gasteiger partial charge in [-0.1, -0.05) is 20.3 Å². The number of ether oxygens (including phenoxy) is 1. The number of aliphatic carboxylic acids is 1. The van der Waals surface area contributed by atoms with Gasteiger partial charge in [-0.05, 0) is 5.92 Å². The molecule has 0 radical (unpaired) electrons. The first-order valence-corrected chi connectivity index (χ1v) is 4.10. The van der Waals surface area contributed by atoms with Gasteiger partial charge in [-0.15, -0.1) is 0 Å². The van der Waals surface area contributed by atoms with Gasteiger partial charge in [-0.2, -0.15) is 0 Å². The van der Waals surface area contributed by atoms with E-state index in [4.69, 9.17) is 5.11 Å². The molecule has 0 aliphatic rings. The summed E-state index contributed by atoms with van der Waals surface area (Å²) in [5.74, 6) is -1.16. The van der Waals surface area contributed by atoms with E-state index in [0.29, 0.717) is 6.42 Å². The number of nitrogens with one attached hydrogen (secondary N) is 1. The standard InChI is InChI=1S/C8H15NO4/c1-4-5(2)6(7(10)11)9-8(12)13-3/h5-6H,4H2,1-3H3,(H,9,12)(H,10,11)/t5?,6-/m0/s1. The van der Waals surface area contributed by atoms with E-state index < -0.39 is 18.1 Å². The van der Waals surface area contributed by atoms with Gasteiger partial charge >= 0.3 is 12.1 Å². The van der Waals surface area contributed by atoms with E-state index in [2.05, 4.69) is 10.1 Å². The monoisotopic (exact) mass is 189 g/mol. The van der Waals surface area contributed by atoms with Crippen molar-refractivity contribution in [2.24, 2.45) is 5.92 Å². The second-order valence-corrected chi connectivity index (χ2v) is 2.84. The molecule has 2 N–H and O–H groups in total. The van der Waals surface area contributed by atoms with Crippen LogP contribution in [0.15, 0.2) is 0 Å². The van der Waals surface area contributed by atoms with Crippen LogP contribution in [-0.4, -0.2) is 30.3 Å². The number of carboxylic acid groups (broad SMARTS) is 1. The zero-order valence-electron chi connectivity index (χ0n) is 8.03. The minimum atomic E-state index is -1.04. The van der Waals surface area contributed by atoms with E-state index in [1.54, 1.807) is 6.92 Å². The molecule has 2 atom stereocenters. The molecule has 0 aliphatic heterocycles. The van der Waals surface area contributed by atoms with E-state index in [-0.39, 0.29) is 5.92 Å². The van der Waals surface area contributed by atoms with E-state index in [9.17, 15) is 9.59 Å².